The van der Waals surface area contributed by atoms with Crippen LogP contribution in [-0.2, 0) is 14.3 Å². The number of nitrogens with zero attached hydrogens (tertiary/aromatic N) is 2. The van der Waals surface area contributed by atoms with Gasteiger partial charge in [0.25, 0.3) is 5.91 Å². The molecule has 0 unspecified atom stereocenters. The predicted molar refractivity (Wildman–Crippen MR) is 118 cm³/mol. The van der Waals surface area contributed by atoms with Crippen LogP contribution in [0.3, 0.4) is 0 Å². The summed E-state index contributed by atoms with van der Waals surface area (Å²) in [5.41, 5.74) is -0.184. The smallest absolute Gasteiger partial charge is 0.331 e. The Kier molecular flexibility index (Phi) is 7.92. The van der Waals surface area contributed by atoms with Crippen molar-refractivity contribution in [2.24, 2.45) is 11.8 Å². The van der Waals surface area contributed by atoms with Gasteiger partial charge in [-0.2, -0.15) is 0 Å². The van der Waals surface area contributed by atoms with E-state index in [2.05, 4.69) is 15.2 Å². The quantitative estimate of drug-likeness (QED) is 0.489. The highest BCUT2D eigenvalue weighted by molar-refractivity contribution is 5.97. The number of rotatable bonds is 12. The number of aromatic nitrogens is 1. The monoisotopic (exact) mass is 451 g/mol. The molecule has 3 rings (SSSR count). The second-order valence-electron chi connectivity index (χ2n) is 8.47. The number of esters is 1. The molecule has 1 aliphatic heterocycles. The fraction of sp³-hybridized carbons (Fsp3) is 0.696. The molecule has 9 heteroatoms. The molecule has 1 saturated carbocycles. The first kappa shape index (κ1) is 24.2. The van der Waals surface area contributed by atoms with E-state index < -0.39 is 17.4 Å². The van der Waals surface area contributed by atoms with Crippen molar-refractivity contribution in [2.45, 2.75) is 51.7 Å². The molecular formula is C23H34FN3O5. The van der Waals surface area contributed by atoms with Gasteiger partial charge in [-0.1, -0.05) is 13.8 Å². The van der Waals surface area contributed by atoms with Crippen LogP contribution in [0, 0.1) is 11.8 Å². The molecule has 2 fully saturated rings. The zero-order valence-corrected chi connectivity index (χ0v) is 19.4. The normalized spacial score (nSPS) is 20.5. The van der Waals surface area contributed by atoms with Crippen molar-refractivity contribution in [1.29, 1.82) is 0 Å². The lowest BCUT2D eigenvalue weighted by atomic mass is 9.92. The standard InChI is InChI=1S/C23H34FN3O5/c1-5-23(6-2,22(29)31-7-3)26-20(28)18-8-9-19(27-12-17(13-27)30-4)21(25-18)32-14-16-10-15(16)11-24/h8-9,15-17H,5-7,10-14H2,1-4H3,(H,26,28)/t15-,16+/m0/s1. The summed E-state index contributed by atoms with van der Waals surface area (Å²) in [6.07, 6.45) is 1.74. The minimum absolute atomic E-state index is 0.0473. The van der Waals surface area contributed by atoms with Crippen molar-refractivity contribution in [3.05, 3.63) is 17.8 Å². The SMILES string of the molecule is CCOC(=O)C(CC)(CC)NC(=O)c1ccc(N2CC(OC)C2)c(OC[C@H]2C[C@H]2CF)n1. The van der Waals surface area contributed by atoms with Crippen molar-refractivity contribution in [3.8, 4) is 5.88 Å². The van der Waals surface area contributed by atoms with Crippen molar-refractivity contribution < 1.29 is 28.2 Å². The van der Waals surface area contributed by atoms with Crippen molar-refractivity contribution in [3.63, 3.8) is 0 Å². The summed E-state index contributed by atoms with van der Waals surface area (Å²) in [5, 5.41) is 2.83. The van der Waals surface area contributed by atoms with Gasteiger partial charge in [0.1, 0.15) is 16.9 Å². The van der Waals surface area contributed by atoms with E-state index >= 15 is 0 Å². The third kappa shape index (κ3) is 5.14. The minimum Gasteiger partial charge on any atom is -0.476 e. The first-order chi connectivity index (χ1) is 15.4. The molecule has 1 amide bonds. The molecule has 1 N–H and O–H groups in total. The van der Waals surface area contributed by atoms with Crippen LogP contribution < -0.4 is 15.0 Å². The van der Waals surface area contributed by atoms with Gasteiger partial charge < -0.3 is 24.4 Å². The van der Waals surface area contributed by atoms with Gasteiger partial charge in [-0.25, -0.2) is 9.78 Å². The maximum Gasteiger partial charge on any atom is 0.331 e. The van der Waals surface area contributed by atoms with Crippen LogP contribution >= 0.6 is 0 Å². The molecule has 1 aromatic heterocycles. The number of ether oxygens (including phenoxy) is 3. The van der Waals surface area contributed by atoms with E-state index in [-0.39, 0.29) is 36.9 Å². The highest BCUT2D eigenvalue weighted by atomic mass is 19.1. The van der Waals surface area contributed by atoms with Crippen LogP contribution in [0.25, 0.3) is 0 Å². The molecule has 2 heterocycles. The summed E-state index contributed by atoms with van der Waals surface area (Å²) >= 11 is 0. The molecule has 1 aromatic rings. The van der Waals surface area contributed by atoms with Crippen molar-refractivity contribution >= 4 is 17.6 Å². The Labute approximate surface area is 188 Å². The van der Waals surface area contributed by atoms with Crippen molar-refractivity contribution in [2.75, 3.05) is 45.0 Å². The molecule has 1 saturated heterocycles. The van der Waals surface area contributed by atoms with Crippen LogP contribution in [0.1, 0.15) is 50.5 Å². The summed E-state index contributed by atoms with van der Waals surface area (Å²) in [4.78, 5) is 32.1. The fourth-order valence-electron chi connectivity index (χ4n) is 3.90. The Morgan fingerprint density at radius 1 is 1.22 bits per heavy atom. The number of amides is 1. The molecule has 0 bridgehead atoms. The molecule has 178 valence electrons. The number of alkyl halides is 1. The second kappa shape index (κ2) is 10.5. The number of carbonyl (C=O) groups excluding carboxylic acids is 2. The number of halogens is 1. The number of pyridine rings is 1. The lowest BCUT2D eigenvalue weighted by Crippen LogP contribution is -2.54. The van der Waals surface area contributed by atoms with E-state index in [4.69, 9.17) is 14.2 Å². The molecule has 8 nitrogen and oxygen atoms in total. The molecule has 2 atom stereocenters. The molecule has 0 aromatic carbocycles. The van der Waals surface area contributed by atoms with Gasteiger partial charge in [0.05, 0.1) is 26.0 Å². The highest BCUT2D eigenvalue weighted by Crippen LogP contribution is 2.40. The van der Waals surface area contributed by atoms with Gasteiger partial charge in [0.2, 0.25) is 5.88 Å². The van der Waals surface area contributed by atoms with Crippen LogP contribution in [0.4, 0.5) is 10.1 Å². The van der Waals surface area contributed by atoms with E-state index in [1.54, 1.807) is 26.2 Å². The third-order valence-electron chi connectivity index (χ3n) is 6.52. The largest absolute Gasteiger partial charge is 0.476 e. The Hall–Kier alpha value is -2.42. The molecule has 32 heavy (non-hydrogen) atoms. The summed E-state index contributed by atoms with van der Waals surface area (Å²) in [6, 6.07) is 3.42. The van der Waals surface area contributed by atoms with Crippen LogP contribution in [0.15, 0.2) is 12.1 Å². The first-order valence-electron chi connectivity index (χ1n) is 11.4. The molecule has 0 spiro atoms. The van der Waals surface area contributed by atoms with Gasteiger partial charge in [0.15, 0.2) is 0 Å². The van der Waals surface area contributed by atoms with E-state index in [9.17, 15) is 14.0 Å². The highest BCUT2D eigenvalue weighted by Gasteiger charge is 2.40. The Bertz CT molecular complexity index is 811. The summed E-state index contributed by atoms with van der Waals surface area (Å²) in [6.45, 7) is 7.05. The number of hydrogen-bond donors (Lipinski definition) is 1. The van der Waals surface area contributed by atoms with Crippen LogP contribution in [0.5, 0.6) is 5.88 Å². The zero-order valence-electron chi connectivity index (χ0n) is 19.4. The fourth-order valence-corrected chi connectivity index (χ4v) is 3.90. The Morgan fingerprint density at radius 3 is 2.50 bits per heavy atom. The van der Waals surface area contributed by atoms with E-state index in [1.807, 2.05) is 13.8 Å². The average Bonchev–Trinajstić information content (AvgIpc) is 3.54. The number of anilines is 1. The van der Waals surface area contributed by atoms with Crippen LogP contribution in [0.2, 0.25) is 0 Å². The first-order valence-corrected chi connectivity index (χ1v) is 11.4. The maximum atomic E-state index is 13.0. The minimum atomic E-state index is -1.11. The van der Waals surface area contributed by atoms with Gasteiger partial charge >= 0.3 is 5.97 Å². The van der Waals surface area contributed by atoms with Gasteiger partial charge in [0, 0.05) is 20.2 Å². The lowest BCUT2D eigenvalue weighted by Gasteiger charge is -2.40. The number of hydrogen-bond acceptors (Lipinski definition) is 7. The topological polar surface area (TPSA) is 90.0 Å². The maximum absolute atomic E-state index is 13.0. The molecule has 2 aliphatic rings. The van der Waals surface area contributed by atoms with Gasteiger partial charge in [-0.05, 0) is 50.2 Å². The summed E-state index contributed by atoms with van der Waals surface area (Å²) in [5.74, 6) is -0.363. The molecule has 1 aliphatic carbocycles. The van der Waals surface area contributed by atoms with Crippen molar-refractivity contribution in [1.82, 2.24) is 10.3 Å². The number of methoxy groups -OCH3 is 1. The molecular weight excluding hydrogens is 417 g/mol. The number of nitrogens with one attached hydrogen (secondary N) is 1. The van der Waals surface area contributed by atoms with E-state index in [0.717, 1.165) is 12.1 Å². The predicted octanol–water partition coefficient (Wildman–Crippen LogP) is 2.75. The molecule has 0 radical (unpaired) electrons. The van der Waals surface area contributed by atoms with Gasteiger partial charge in [-0.3, -0.25) is 9.18 Å². The summed E-state index contributed by atoms with van der Waals surface area (Å²) < 4.78 is 29.3. The third-order valence-corrected chi connectivity index (χ3v) is 6.52. The van der Waals surface area contributed by atoms with Gasteiger partial charge in [-0.15, -0.1) is 0 Å². The zero-order chi connectivity index (χ0) is 23.3. The average molecular weight is 452 g/mol. The van der Waals surface area contributed by atoms with Crippen LogP contribution in [-0.4, -0.2) is 68.6 Å². The van der Waals surface area contributed by atoms with E-state index in [0.29, 0.717) is 38.4 Å². The second-order valence-corrected chi connectivity index (χ2v) is 8.47. The van der Waals surface area contributed by atoms with E-state index in [1.165, 1.54) is 0 Å². The lowest BCUT2D eigenvalue weighted by molar-refractivity contribution is -0.151. The number of carbonyl (C=O) groups is 2. The summed E-state index contributed by atoms with van der Waals surface area (Å²) in [7, 11) is 1.67. The Morgan fingerprint density at radius 2 is 1.94 bits per heavy atom. The Balaban J connectivity index is 1.78.